The van der Waals surface area contributed by atoms with Gasteiger partial charge in [0.15, 0.2) is 0 Å². The van der Waals surface area contributed by atoms with Crippen LogP contribution in [0.5, 0.6) is 0 Å². The summed E-state index contributed by atoms with van der Waals surface area (Å²) in [5.74, 6) is 0.702. The number of nitrogens with one attached hydrogen (secondary N) is 2. The number of benzene rings is 1. The molecule has 1 aromatic carbocycles. The topological polar surface area (TPSA) is 44.4 Å². The number of rotatable bonds is 3. The van der Waals surface area contributed by atoms with Crippen molar-refractivity contribution >= 4 is 11.7 Å². The molecular formula is C15H23N3O. The van der Waals surface area contributed by atoms with E-state index in [0.717, 1.165) is 38.2 Å². The van der Waals surface area contributed by atoms with Gasteiger partial charge in [-0.25, -0.2) is 4.79 Å². The number of carbonyl (C=O) groups excluding carboxylic acids is 1. The van der Waals surface area contributed by atoms with Crippen molar-refractivity contribution in [1.82, 2.24) is 10.2 Å². The standard InChI is InChI=1S/C15H23N3O/c1-12-3-5-14(6-4-12)17-15(19)18-9-7-13(8-10-18)11-16-2/h3-6,13,16H,7-11H2,1-2H3,(H,17,19). The third-order valence-corrected chi connectivity index (χ3v) is 3.70. The van der Waals surface area contributed by atoms with Gasteiger partial charge in [0.1, 0.15) is 0 Å². The van der Waals surface area contributed by atoms with Crippen LogP contribution in [0.15, 0.2) is 24.3 Å². The van der Waals surface area contributed by atoms with Gasteiger partial charge >= 0.3 is 6.03 Å². The molecule has 1 heterocycles. The number of aryl methyl sites for hydroxylation is 1. The zero-order chi connectivity index (χ0) is 13.7. The molecule has 0 spiro atoms. The first kappa shape index (κ1) is 13.9. The molecule has 0 saturated carbocycles. The lowest BCUT2D eigenvalue weighted by Gasteiger charge is -2.31. The van der Waals surface area contributed by atoms with Gasteiger partial charge in [-0.1, -0.05) is 17.7 Å². The van der Waals surface area contributed by atoms with Gasteiger partial charge in [-0.2, -0.15) is 0 Å². The Balaban J connectivity index is 1.83. The molecule has 1 aliphatic heterocycles. The molecule has 0 aliphatic carbocycles. The molecule has 0 bridgehead atoms. The first-order chi connectivity index (χ1) is 9.19. The van der Waals surface area contributed by atoms with Crippen molar-refractivity contribution in [1.29, 1.82) is 0 Å². The second kappa shape index (κ2) is 6.57. The van der Waals surface area contributed by atoms with Gasteiger partial charge < -0.3 is 15.5 Å². The van der Waals surface area contributed by atoms with Crippen molar-refractivity contribution in [3.8, 4) is 0 Å². The first-order valence-corrected chi connectivity index (χ1v) is 6.96. The lowest BCUT2D eigenvalue weighted by Crippen LogP contribution is -2.42. The number of carbonyl (C=O) groups is 1. The Bertz CT molecular complexity index is 408. The maximum absolute atomic E-state index is 12.1. The molecule has 4 heteroatoms. The zero-order valence-corrected chi connectivity index (χ0v) is 11.8. The average Bonchev–Trinajstić information content (AvgIpc) is 2.42. The quantitative estimate of drug-likeness (QED) is 0.878. The molecule has 1 saturated heterocycles. The third kappa shape index (κ3) is 3.96. The molecular weight excluding hydrogens is 238 g/mol. The summed E-state index contributed by atoms with van der Waals surface area (Å²) in [5.41, 5.74) is 2.07. The van der Waals surface area contributed by atoms with Gasteiger partial charge in [-0.05, 0) is 51.4 Å². The molecule has 2 amide bonds. The van der Waals surface area contributed by atoms with Gasteiger partial charge in [0.25, 0.3) is 0 Å². The summed E-state index contributed by atoms with van der Waals surface area (Å²) in [4.78, 5) is 14.0. The molecule has 2 rings (SSSR count). The van der Waals surface area contributed by atoms with Crippen LogP contribution in [0.2, 0.25) is 0 Å². The first-order valence-electron chi connectivity index (χ1n) is 6.96. The summed E-state index contributed by atoms with van der Waals surface area (Å²) in [6.45, 7) is 4.79. The highest BCUT2D eigenvalue weighted by Crippen LogP contribution is 2.17. The number of amides is 2. The highest BCUT2D eigenvalue weighted by molar-refractivity contribution is 5.89. The van der Waals surface area contributed by atoms with Crippen molar-refractivity contribution in [2.75, 3.05) is 32.0 Å². The molecule has 19 heavy (non-hydrogen) atoms. The van der Waals surface area contributed by atoms with Crippen molar-refractivity contribution in [3.05, 3.63) is 29.8 Å². The van der Waals surface area contributed by atoms with Crippen LogP contribution in [-0.4, -0.2) is 37.6 Å². The maximum atomic E-state index is 12.1. The van der Waals surface area contributed by atoms with Crippen LogP contribution < -0.4 is 10.6 Å². The third-order valence-electron chi connectivity index (χ3n) is 3.70. The summed E-state index contributed by atoms with van der Waals surface area (Å²) in [7, 11) is 1.98. The molecule has 1 fully saturated rings. The fraction of sp³-hybridized carbons (Fsp3) is 0.533. The molecule has 0 unspecified atom stereocenters. The van der Waals surface area contributed by atoms with E-state index in [1.165, 1.54) is 5.56 Å². The van der Waals surface area contributed by atoms with E-state index in [-0.39, 0.29) is 6.03 Å². The Kier molecular flexibility index (Phi) is 4.80. The second-order valence-corrected chi connectivity index (χ2v) is 5.28. The van der Waals surface area contributed by atoms with Crippen molar-refractivity contribution in [3.63, 3.8) is 0 Å². The number of hydrogen-bond acceptors (Lipinski definition) is 2. The molecule has 2 N–H and O–H groups in total. The van der Waals surface area contributed by atoms with E-state index in [2.05, 4.69) is 10.6 Å². The fourth-order valence-electron chi connectivity index (χ4n) is 2.47. The summed E-state index contributed by atoms with van der Waals surface area (Å²) in [6.07, 6.45) is 2.17. The van der Waals surface area contributed by atoms with Crippen LogP contribution in [0, 0.1) is 12.8 Å². The Morgan fingerprint density at radius 1 is 1.26 bits per heavy atom. The van der Waals surface area contributed by atoms with Crippen LogP contribution in [0.3, 0.4) is 0 Å². The molecule has 1 aliphatic rings. The molecule has 0 atom stereocenters. The van der Waals surface area contributed by atoms with Gasteiger partial charge in [0, 0.05) is 18.8 Å². The van der Waals surface area contributed by atoms with E-state index in [9.17, 15) is 4.79 Å². The van der Waals surface area contributed by atoms with Gasteiger partial charge in [-0.15, -0.1) is 0 Å². The Hall–Kier alpha value is -1.55. The van der Waals surface area contributed by atoms with E-state index in [0.29, 0.717) is 5.92 Å². The minimum absolute atomic E-state index is 0.0201. The number of likely N-dealkylation sites (tertiary alicyclic amines) is 1. The monoisotopic (exact) mass is 261 g/mol. The molecule has 0 radical (unpaired) electrons. The van der Waals surface area contributed by atoms with Crippen LogP contribution in [-0.2, 0) is 0 Å². The number of anilines is 1. The van der Waals surface area contributed by atoms with E-state index in [1.54, 1.807) is 0 Å². The molecule has 0 aromatic heterocycles. The second-order valence-electron chi connectivity index (χ2n) is 5.28. The number of piperidine rings is 1. The summed E-state index contributed by atoms with van der Waals surface area (Å²) in [5, 5.41) is 6.16. The number of nitrogens with zero attached hydrogens (tertiary/aromatic N) is 1. The van der Waals surface area contributed by atoms with Crippen LogP contribution >= 0.6 is 0 Å². The van der Waals surface area contributed by atoms with Crippen LogP contribution in [0.25, 0.3) is 0 Å². The van der Waals surface area contributed by atoms with E-state index < -0.39 is 0 Å². The van der Waals surface area contributed by atoms with Crippen LogP contribution in [0.4, 0.5) is 10.5 Å². The van der Waals surface area contributed by atoms with Gasteiger partial charge in [0.05, 0.1) is 0 Å². The maximum Gasteiger partial charge on any atom is 0.321 e. The highest BCUT2D eigenvalue weighted by atomic mass is 16.2. The number of hydrogen-bond donors (Lipinski definition) is 2. The van der Waals surface area contributed by atoms with E-state index in [1.807, 2.05) is 43.1 Å². The lowest BCUT2D eigenvalue weighted by molar-refractivity contribution is 0.182. The normalized spacial score (nSPS) is 16.4. The average molecular weight is 261 g/mol. The predicted octanol–water partition coefficient (Wildman–Crippen LogP) is 2.46. The summed E-state index contributed by atoms with van der Waals surface area (Å²) >= 11 is 0. The summed E-state index contributed by atoms with van der Waals surface area (Å²) < 4.78 is 0. The largest absolute Gasteiger partial charge is 0.325 e. The molecule has 1 aromatic rings. The van der Waals surface area contributed by atoms with E-state index >= 15 is 0 Å². The minimum Gasteiger partial charge on any atom is -0.325 e. The number of urea groups is 1. The van der Waals surface area contributed by atoms with Gasteiger partial charge in [-0.3, -0.25) is 0 Å². The Labute approximate surface area is 115 Å². The predicted molar refractivity (Wildman–Crippen MR) is 78.4 cm³/mol. The van der Waals surface area contributed by atoms with Crippen molar-refractivity contribution in [2.45, 2.75) is 19.8 Å². The summed E-state index contributed by atoms with van der Waals surface area (Å²) in [6, 6.07) is 7.93. The Morgan fingerprint density at radius 3 is 2.47 bits per heavy atom. The van der Waals surface area contributed by atoms with Crippen molar-refractivity contribution in [2.24, 2.45) is 5.92 Å². The zero-order valence-electron chi connectivity index (χ0n) is 11.8. The molecule has 4 nitrogen and oxygen atoms in total. The minimum atomic E-state index is 0.0201. The highest BCUT2D eigenvalue weighted by Gasteiger charge is 2.22. The fourth-order valence-corrected chi connectivity index (χ4v) is 2.47. The van der Waals surface area contributed by atoms with Crippen molar-refractivity contribution < 1.29 is 4.79 Å². The Morgan fingerprint density at radius 2 is 1.89 bits per heavy atom. The lowest BCUT2D eigenvalue weighted by atomic mass is 9.97. The smallest absolute Gasteiger partial charge is 0.321 e. The van der Waals surface area contributed by atoms with E-state index in [4.69, 9.17) is 0 Å². The van der Waals surface area contributed by atoms with Crippen LogP contribution in [0.1, 0.15) is 18.4 Å². The SMILES string of the molecule is CNCC1CCN(C(=O)Nc2ccc(C)cc2)CC1. The molecule has 104 valence electrons. The van der Waals surface area contributed by atoms with Gasteiger partial charge in [0.2, 0.25) is 0 Å².